The number of hydrogen-bond donors (Lipinski definition) is 1. The molecule has 1 aromatic heterocycles. The summed E-state index contributed by atoms with van der Waals surface area (Å²) in [7, 11) is 0. The number of hydrogen-bond acceptors (Lipinski definition) is 4. The van der Waals surface area contributed by atoms with Crippen LogP contribution in [0.5, 0.6) is 0 Å². The third kappa shape index (κ3) is 6.65. The van der Waals surface area contributed by atoms with Gasteiger partial charge in [-0.3, -0.25) is 0 Å². The van der Waals surface area contributed by atoms with E-state index in [-0.39, 0.29) is 5.75 Å². The van der Waals surface area contributed by atoms with Gasteiger partial charge in [-0.1, -0.05) is 25.6 Å². The second kappa shape index (κ2) is 7.68. The van der Waals surface area contributed by atoms with Gasteiger partial charge in [0.15, 0.2) is 0 Å². The second-order valence-electron chi connectivity index (χ2n) is 3.97. The molecular weight excluding hydrogens is 248 g/mol. The highest BCUT2D eigenvalue weighted by molar-refractivity contribution is 7.98. The zero-order valence-corrected chi connectivity index (χ0v) is 10.7. The van der Waals surface area contributed by atoms with Crippen molar-refractivity contribution in [3.8, 4) is 0 Å². The summed E-state index contributed by atoms with van der Waals surface area (Å²) in [5, 5.41) is 0. The SMILES string of the molecule is CC(C)CONCc1ccc(CSC(F)F)o1. The summed E-state index contributed by atoms with van der Waals surface area (Å²) in [6.45, 7) is 5.16. The predicted molar refractivity (Wildman–Crippen MR) is 63.6 cm³/mol. The highest BCUT2D eigenvalue weighted by Crippen LogP contribution is 2.21. The van der Waals surface area contributed by atoms with Crippen LogP contribution in [0.3, 0.4) is 0 Å². The molecule has 0 bridgehead atoms. The van der Waals surface area contributed by atoms with E-state index in [2.05, 4.69) is 5.48 Å². The predicted octanol–water partition coefficient (Wildman–Crippen LogP) is 3.41. The normalized spacial score (nSPS) is 11.6. The summed E-state index contributed by atoms with van der Waals surface area (Å²) >= 11 is 0.551. The maximum atomic E-state index is 11.9. The molecular formula is C11H17F2NO2S. The Kier molecular flexibility index (Phi) is 6.54. The largest absolute Gasteiger partial charge is 0.464 e. The summed E-state index contributed by atoms with van der Waals surface area (Å²) in [5.74, 6) is -0.493. The zero-order valence-electron chi connectivity index (χ0n) is 9.91. The summed E-state index contributed by atoms with van der Waals surface area (Å²) in [5.41, 5.74) is 2.76. The lowest BCUT2D eigenvalue weighted by atomic mass is 10.2. The van der Waals surface area contributed by atoms with E-state index < -0.39 is 5.76 Å². The molecule has 0 saturated heterocycles. The lowest BCUT2D eigenvalue weighted by Crippen LogP contribution is -2.16. The third-order valence-electron chi connectivity index (χ3n) is 1.83. The minimum Gasteiger partial charge on any atom is -0.464 e. The average molecular weight is 265 g/mol. The molecule has 0 aliphatic heterocycles. The fourth-order valence-corrected chi connectivity index (χ4v) is 1.53. The van der Waals surface area contributed by atoms with Crippen molar-refractivity contribution in [1.82, 2.24) is 5.48 Å². The molecule has 17 heavy (non-hydrogen) atoms. The number of halogens is 2. The molecule has 0 aliphatic rings. The standard InChI is InChI=1S/C11H17F2NO2S/c1-8(2)6-15-14-5-9-3-4-10(16-9)7-17-11(12)13/h3-4,8,11,14H,5-7H2,1-2H3. The van der Waals surface area contributed by atoms with Crippen LogP contribution in [0.4, 0.5) is 8.78 Å². The maximum Gasteiger partial charge on any atom is 0.284 e. The summed E-state index contributed by atoms with van der Waals surface area (Å²) < 4.78 is 29.2. The van der Waals surface area contributed by atoms with Crippen LogP contribution >= 0.6 is 11.8 Å². The van der Waals surface area contributed by atoms with E-state index in [0.717, 1.165) is 0 Å². The molecule has 3 nitrogen and oxygen atoms in total. The molecule has 1 heterocycles. The van der Waals surface area contributed by atoms with Crippen LogP contribution < -0.4 is 5.48 Å². The van der Waals surface area contributed by atoms with Crippen molar-refractivity contribution in [1.29, 1.82) is 0 Å². The van der Waals surface area contributed by atoms with Crippen molar-refractivity contribution in [2.45, 2.75) is 31.9 Å². The van der Waals surface area contributed by atoms with Gasteiger partial charge in [-0.2, -0.15) is 14.3 Å². The van der Waals surface area contributed by atoms with Crippen molar-refractivity contribution >= 4 is 11.8 Å². The summed E-state index contributed by atoms with van der Waals surface area (Å²) in [4.78, 5) is 5.17. The lowest BCUT2D eigenvalue weighted by Gasteiger charge is -2.06. The monoisotopic (exact) mass is 265 g/mol. The van der Waals surface area contributed by atoms with Crippen LogP contribution in [0.1, 0.15) is 25.4 Å². The zero-order chi connectivity index (χ0) is 12.7. The first kappa shape index (κ1) is 14.5. The summed E-state index contributed by atoms with van der Waals surface area (Å²) in [6.07, 6.45) is 0. The lowest BCUT2D eigenvalue weighted by molar-refractivity contribution is 0.0164. The molecule has 98 valence electrons. The van der Waals surface area contributed by atoms with Crippen molar-refractivity contribution in [2.24, 2.45) is 5.92 Å². The van der Waals surface area contributed by atoms with Crippen molar-refractivity contribution in [3.05, 3.63) is 23.7 Å². The number of rotatable bonds is 8. The minimum atomic E-state index is -2.36. The third-order valence-corrected chi connectivity index (χ3v) is 2.54. The van der Waals surface area contributed by atoms with Gasteiger partial charge in [-0.25, -0.2) is 0 Å². The number of furan rings is 1. The maximum absolute atomic E-state index is 11.9. The van der Waals surface area contributed by atoms with E-state index in [4.69, 9.17) is 9.25 Å². The van der Waals surface area contributed by atoms with E-state index in [1.165, 1.54) is 0 Å². The minimum absolute atomic E-state index is 0.185. The van der Waals surface area contributed by atoms with Gasteiger partial charge in [0.25, 0.3) is 5.76 Å². The molecule has 0 radical (unpaired) electrons. The number of nitrogens with one attached hydrogen (secondary N) is 1. The van der Waals surface area contributed by atoms with Gasteiger partial charge in [-0.15, -0.1) is 0 Å². The highest BCUT2D eigenvalue weighted by Gasteiger charge is 2.07. The molecule has 1 N–H and O–H groups in total. The number of alkyl halides is 2. The molecule has 0 spiro atoms. The molecule has 0 amide bonds. The molecule has 0 atom stereocenters. The van der Waals surface area contributed by atoms with Gasteiger partial charge >= 0.3 is 0 Å². The number of hydroxylamine groups is 1. The number of thioether (sulfide) groups is 1. The Morgan fingerprint density at radius 3 is 2.71 bits per heavy atom. The first-order valence-electron chi connectivity index (χ1n) is 5.40. The van der Waals surface area contributed by atoms with Crippen LogP contribution in [-0.2, 0) is 17.1 Å². The smallest absolute Gasteiger partial charge is 0.284 e. The Labute approximate surface area is 104 Å². The molecule has 6 heteroatoms. The Balaban J connectivity index is 2.21. The van der Waals surface area contributed by atoms with Gasteiger partial charge in [0.1, 0.15) is 11.5 Å². The second-order valence-corrected chi connectivity index (χ2v) is 4.94. The van der Waals surface area contributed by atoms with Gasteiger partial charge < -0.3 is 9.25 Å². The van der Waals surface area contributed by atoms with Crippen LogP contribution in [0, 0.1) is 5.92 Å². The summed E-state index contributed by atoms with van der Waals surface area (Å²) in [6, 6.07) is 3.46. The van der Waals surface area contributed by atoms with Crippen LogP contribution in [0.2, 0.25) is 0 Å². The highest BCUT2D eigenvalue weighted by atomic mass is 32.2. The van der Waals surface area contributed by atoms with E-state index >= 15 is 0 Å². The molecule has 1 rings (SSSR count). The molecule has 0 aliphatic carbocycles. The quantitative estimate of drug-likeness (QED) is 0.577. The van der Waals surface area contributed by atoms with Crippen LogP contribution in [-0.4, -0.2) is 12.4 Å². The van der Waals surface area contributed by atoms with Gasteiger partial charge in [0, 0.05) is 0 Å². The van der Waals surface area contributed by atoms with E-state index in [0.29, 0.717) is 42.4 Å². The fraction of sp³-hybridized carbons (Fsp3) is 0.636. The van der Waals surface area contributed by atoms with Crippen LogP contribution in [0.25, 0.3) is 0 Å². The van der Waals surface area contributed by atoms with E-state index in [1.807, 2.05) is 13.8 Å². The Bertz CT molecular complexity index is 318. The Morgan fingerprint density at radius 2 is 2.06 bits per heavy atom. The van der Waals surface area contributed by atoms with E-state index in [9.17, 15) is 8.78 Å². The van der Waals surface area contributed by atoms with E-state index in [1.54, 1.807) is 12.1 Å². The van der Waals surface area contributed by atoms with Gasteiger partial charge in [0.05, 0.1) is 18.9 Å². The Morgan fingerprint density at radius 1 is 1.35 bits per heavy atom. The topological polar surface area (TPSA) is 34.4 Å². The molecule has 0 unspecified atom stereocenters. The van der Waals surface area contributed by atoms with Gasteiger partial charge in [-0.05, 0) is 18.1 Å². The first-order valence-corrected chi connectivity index (χ1v) is 6.44. The van der Waals surface area contributed by atoms with Crippen molar-refractivity contribution < 1.29 is 18.0 Å². The molecule has 1 aromatic rings. The fourth-order valence-electron chi connectivity index (χ4n) is 1.09. The van der Waals surface area contributed by atoms with Crippen molar-refractivity contribution in [2.75, 3.05) is 6.61 Å². The molecule has 0 saturated carbocycles. The molecule has 0 aromatic carbocycles. The van der Waals surface area contributed by atoms with Gasteiger partial charge in [0.2, 0.25) is 0 Å². The van der Waals surface area contributed by atoms with Crippen molar-refractivity contribution in [3.63, 3.8) is 0 Å². The molecule has 0 fully saturated rings. The first-order chi connectivity index (χ1) is 8.08. The Hall–Kier alpha value is -0.590. The van der Waals surface area contributed by atoms with Crippen LogP contribution in [0.15, 0.2) is 16.5 Å². The average Bonchev–Trinajstić information content (AvgIpc) is 2.69.